The van der Waals surface area contributed by atoms with Crippen molar-refractivity contribution in [2.75, 3.05) is 0 Å². The van der Waals surface area contributed by atoms with Gasteiger partial charge in [0, 0.05) is 6.20 Å². The molecule has 0 aromatic carbocycles. The molecule has 0 bridgehead atoms. The Kier molecular flexibility index (Phi) is 3.44. The number of hydrogen-bond acceptors (Lipinski definition) is 2. The Balaban J connectivity index is 2.50. The molecule has 0 saturated carbocycles. The molecule has 3 nitrogen and oxygen atoms in total. The van der Waals surface area contributed by atoms with Crippen molar-refractivity contribution in [3.05, 3.63) is 39.2 Å². The van der Waals surface area contributed by atoms with Crippen LogP contribution in [0.4, 0.5) is 13.2 Å². The first-order valence-electron chi connectivity index (χ1n) is 4.43. The molecule has 0 aliphatic heterocycles. The quantitative estimate of drug-likeness (QED) is 0.737. The average molecular weight is 316 g/mol. The second-order valence-electron chi connectivity index (χ2n) is 3.24. The molecule has 96 valence electrons. The number of nitrogens with zero attached hydrogens (tertiary/aromatic N) is 3. The van der Waals surface area contributed by atoms with Crippen LogP contribution < -0.4 is 0 Å². The number of alkyl halides is 3. The molecular formula is C9H3Cl3F3N3. The highest BCUT2D eigenvalue weighted by Crippen LogP contribution is 2.31. The molecule has 0 aliphatic carbocycles. The van der Waals surface area contributed by atoms with E-state index >= 15 is 0 Å². The van der Waals surface area contributed by atoms with Gasteiger partial charge in [-0.25, -0.2) is 9.67 Å². The highest BCUT2D eigenvalue weighted by molar-refractivity contribution is 6.42. The molecule has 0 spiro atoms. The van der Waals surface area contributed by atoms with Gasteiger partial charge in [0.1, 0.15) is 5.15 Å². The van der Waals surface area contributed by atoms with E-state index in [1.165, 1.54) is 6.07 Å². The Morgan fingerprint density at radius 1 is 1.11 bits per heavy atom. The minimum atomic E-state index is -4.49. The number of halogens is 6. The van der Waals surface area contributed by atoms with Crippen LogP contribution >= 0.6 is 34.8 Å². The van der Waals surface area contributed by atoms with E-state index in [1.54, 1.807) is 0 Å². The third kappa shape index (κ3) is 2.55. The molecule has 0 saturated heterocycles. The fourth-order valence-corrected chi connectivity index (χ4v) is 1.76. The van der Waals surface area contributed by atoms with Gasteiger partial charge in [-0.2, -0.15) is 18.3 Å². The van der Waals surface area contributed by atoms with E-state index in [0.29, 0.717) is 6.20 Å². The number of rotatable bonds is 1. The van der Waals surface area contributed by atoms with Gasteiger partial charge in [0.25, 0.3) is 0 Å². The Morgan fingerprint density at radius 3 is 2.33 bits per heavy atom. The molecule has 2 heterocycles. The van der Waals surface area contributed by atoms with Gasteiger partial charge in [0.2, 0.25) is 0 Å². The minimum absolute atomic E-state index is 0.0263. The van der Waals surface area contributed by atoms with Crippen molar-refractivity contribution >= 4 is 34.8 Å². The van der Waals surface area contributed by atoms with Crippen molar-refractivity contribution in [1.29, 1.82) is 0 Å². The average Bonchev–Trinajstić information content (AvgIpc) is 2.72. The Morgan fingerprint density at radius 2 is 1.78 bits per heavy atom. The highest BCUT2D eigenvalue weighted by atomic mass is 35.5. The zero-order valence-electron chi connectivity index (χ0n) is 8.34. The monoisotopic (exact) mass is 315 g/mol. The third-order valence-corrected chi connectivity index (χ3v) is 2.95. The maximum Gasteiger partial charge on any atom is 0.419 e. The van der Waals surface area contributed by atoms with Crippen LogP contribution in [-0.2, 0) is 6.18 Å². The number of aromatic nitrogens is 3. The van der Waals surface area contributed by atoms with E-state index in [4.69, 9.17) is 34.8 Å². The predicted molar refractivity (Wildman–Crippen MR) is 61.4 cm³/mol. The first kappa shape index (κ1) is 13.5. The number of hydrogen-bond donors (Lipinski definition) is 0. The third-order valence-electron chi connectivity index (χ3n) is 2.00. The Bertz CT molecular complexity index is 594. The van der Waals surface area contributed by atoms with E-state index in [0.717, 1.165) is 10.9 Å². The first-order valence-corrected chi connectivity index (χ1v) is 5.56. The van der Waals surface area contributed by atoms with Crippen molar-refractivity contribution in [3.8, 4) is 5.82 Å². The second kappa shape index (κ2) is 4.60. The highest BCUT2D eigenvalue weighted by Gasteiger charge is 2.32. The van der Waals surface area contributed by atoms with Crippen LogP contribution in [0.2, 0.25) is 15.2 Å². The summed E-state index contributed by atoms with van der Waals surface area (Å²) in [6, 6.07) is 1.28. The fraction of sp³-hybridized carbons (Fsp3) is 0.111. The van der Waals surface area contributed by atoms with E-state index < -0.39 is 11.7 Å². The maximum absolute atomic E-state index is 12.4. The van der Waals surface area contributed by atoms with Crippen molar-refractivity contribution in [2.45, 2.75) is 6.18 Å². The van der Waals surface area contributed by atoms with Crippen LogP contribution in [0.1, 0.15) is 5.56 Å². The van der Waals surface area contributed by atoms with E-state index in [2.05, 4.69) is 10.1 Å². The second-order valence-corrected chi connectivity index (χ2v) is 4.41. The molecule has 0 unspecified atom stereocenters. The van der Waals surface area contributed by atoms with Crippen LogP contribution in [-0.4, -0.2) is 14.8 Å². The Labute approximate surface area is 114 Å². The van der Waals surface area contributed by atoms with Gasteiger partial charge in [0.05, 0.1) is 21.8 Å². The number of pyridine rings is 1. The minimum Gasteiger partial charge on any atom is -0.220 e. The van der Waals surface area contributed by atoms with Crippen LogP contribution in [0, 0.1) is 0 Å². The van der Waals surface area contributed by atoms with Gasteiger partial charge in [-0.15, -0.1) is 0 Å². The summed E-state index contributed by atoms with van der Waals surface area (Å²) >= 11 is 17.1. The summed E-state index contributed by atoms with van der Waals surface area (Å²) in [5.74, 6) is -0.0263. The lowest BCUT2D eigenvalue weighted by Gasteiger charge is -2.05. The molecule has 9 heteroatoms. The SMILES string of the molecule is FC(F)(F)c1cnn(-c2nc(Cl)c(Cl)cc2Cl)c1. The molecule has 0 fully saturated rings. The zero-order valence-corrected chi connectivity index (χ0v) is 10.6. The van der Waals surface area contributed by atoms with E-state index in [1.807, 2.05) is 0 Å². The fourth-order valence-electron chi connectivity index (χ4n) is 1.18. The van der Waals surface area contributed by atoms with Gasteiger partial charge in [-0.1, -0.05) is 34.8 Å². The molecule has 2 aromatic rings. The normalized spacial score (nSPS) is 11.9. The molecule has 0 atom stereocenters. The summed E-state index contributed by atoms with van der Waals surface area (Å²) in [5, 5.41) is 3.61. The van der Waals surface area contributed by atoms with Gasteiger partial charge in [-0.3, -0.25) is 0 Å². The molecule has 0 aliphatic rings. The van der Waals surface area contributed by atoms with Crippen LogP contribution in [0.5, 0.6) is 0 Å². The van der Waals surface area contributed by atoms with Gasteiger partial charge in [-0.05, 0) is 6.07 Å². The van der Waals surface area contributed by atoms with Crippen LogP contribution in [0.15, 0.2) is 18.5 Å². The van der Waals surface area contributed by atoms with Gasteiger partial charge >= 0.3 is 6.18 Å². The van der Waals surface area contributed by atoms with E-state index in [9.17, 15) is 13.2 Å². The summed E-state index contributed by atoms with van der Waals surface area (Å²) in [4.78, 5) is 3.77. The van der Waals surface area contributed by atoms with Gasteiger partial charge < -0.3 is 0 Å². The Hall–Kier alpha value is -0.980. The summed E-state index contributed by atoms with van der Waals surface area (Å²) in [6.07, 6.45) is -3.06. The lowest BCUT2D eigenvalue weighted by Crippen LogP contribution is -2.03. The topological polar surface area (TPSA) is 30.7 Å². The summed E-state index contributed by atoms with van der Waals surface area (Å²) in [6.45, 7) is 0. The van der Waals surface area contributed by atoms with Crippen molar-refractivity contribution in [2.24, 2.45) is 0 Å². The standard InChI is InChI=1S/C9H3Cl3F3N3/c10-5-1-6(11)8(17-7(5)12)18-3-4(2-16-18)9(13,14)15/h1-3H. The smallest absolute Gasteiger partial charge is 0.220 e. The first-order chi connectivity index (χ1) is 8.29. The lowest BCUT2D eigenvalue weighted by atomic mass is 10.3. The molecule has 2 rings (SSSR count). The molecule has 0 N–H and O–H groups in total. The lowest BCUT2D eigenvalue weighted by molar-refractivity contribution is -0.137. The summed E-state index contributed by atoms with van der Waals surface area (Å²) in [7, 11) is 0. The van der Waals surface area contributed by atoms with Crippen LogP contribution in [0.3, 0.4) is 0 Å². The zero-order chi connectivity index (χ0) is 13.5. The van der Waals surface area contributed by atoms with Crippen LogP contribution in [0.25, 0.3) is 5.82 Å². The molecule has 0 amide bonds. The van der Waals surface area contributed by atoms with Gasteiger partial charge in [0.15, 0.2) is 5.82 Å². The van der Waals surface area contributed by atoms with Crippen molar-refractivity contribution in [3.63, 3.8) is 0 Å². The maximum atomic E-state index is 12.4. The molecule has 18 heavy (non-hydrogen) atoms. The molecule has 0 radical (unpaired) electrons. The summed E-state index contributed by atoms with van der Waals surface area (Å²) < 4.78 is 38.1. The van der Waals surface area contributed by atoms with Crippen molar-refractivity contribution < 1.29 is 13.2 Å². The largest absolute Gasteiger partial charge is 0.419 e. The molecular weight excluding hydrogens is 313 g/mol. The van der Waals surface area contributed by atoms with E-state index in [-0.39, 0.29) is 21.0 Å². The van der Waals surface area contributed by atoms with Crippen molar-refractivity contribution in [1.82, 2.24) is 14.8 Å². The predicted octanol–water partition coefficient (Wildman–Crippen LogP) is 4.25. The molecule has 2 aromatic heterocycles. The summed E-state index contributed by atoms with van der Waals surface area (Å²) in [5.41, 5.74) is -0.911.